The van der Waals surface area contributed by atoms with Gasteiger partial charge in [-0.25, -0.2) is 0 Å². The maximum absolute atomic E-state index is 15.0. The predicted octanol–water partition coefficient (Wildman–Crippen LogP) is 6.92. The fourth-order valence-corrected chi connectivity index (χ4v) is 12.9. The fourth-order valence-electron chi connectivity index (χ4n) is 12.9. The van der Waals surface area contributed by atoms with Crippen molar-refractivity contribution >= 4 is 11.8 Å². The number of rotatable bonds is 8. The Morgan fingerprint density at radius 1 is 1.00 bits per heavy atom. The summed E-state index contributed by atoms with van der Waals surface area (Å²) in [6.07, 6.45) is 7.51. The zero-order valence-electron chi connectivity index (χ0n) is 29.8. The van der Waals surface area contributed by atoms with E-state index in [0.717, 1.165) is 38.5 Å². The van der Waals surface area contributed by atoms with E-state index in [2.05, 4.69) is 55.4 Å². The van der Waals surface area contributed by atoms with Crippen molar-refractivity contribution in [2.24, 2.45) is 56.2 Å². The van der Waals surface area contributed by atoms with Crippen LogP contribution in [0.5, 0.6) is 0 Å². The number of fused-ring (bicyclic) bond motifs is 4. The molecule has 2 spiro atoms. The molecule has 6 aliphatic rings. The van der Waals surface area contributed by atoms with Crippen LogP contribution >= 0.6 is 0 Å². The summed E-state index contributed by atoms with van der Waals surface area (Å²) in [6, 6.07) is 0. The van der Waals surface area contributed by atoms with E-state index in [1.807, 2.05) is 0 Å². The lowest BCUT2D eigenvalue weighted by Gasteiger charge is -2.62. The SMILES string of the molecule is COCO[C@H](OC)O[C@H]1CCC23C[C@]24CC[C@]2(C)[C@@H]5C(OC([C@H](OC(C)=O)C(C)(C)C)C[C@H]5C)C(=O)[C@@]2(C)C4CC[C@H]3C1(C)C. The highest BCUT2D eigenvalue weighted by atomic mass is 16.9. The Balaban J connectivity index is 1.27. The van der Waals surface area contributed by atoms with Crippen LogP contribution in [0, 0.1) is 56.2 Å². The molecular weight excluding hydrogens is 572 g/mol. The fraction of sp³-hybridized carbons (Fsp3) is 0.946. The summed E-state index contributed by atoms with van der Waals surface area (Å²) in [5.74, 6) is 1.42. The maximum atomic E-state index is 15.0. The molecule has 5 saturated carbocycles. The van der Waals surface area contributed by atoms with Crippen molar-refractivity contribution in [3.8, 4) is 0 Å². The quantitative estimate of drug-likeness (QED) is 0.210. The van der Waals surface area contributed by atoms with Crippen LogP contribution in [0.3, 0.4) is 0 Å². The Labute approximate surface area is 271 Å². The number of hydrogen-bond donors (Lipinski definition) is 0. The van der Waals surface area contributed by atoms with Gasteiger partial charge in [-0.15, -0.1) is 0 Å². The highest BCUT2D eigenvalue weighted by molar-refractivity contribution is 5.93. The number of esters is 1. The molecule has 1 heterocycles. The smallest absolute Gasteiger partial charge is 0.303 e. The predicted molar refractivity (Wildman–Crippen MR) is 169 cm³/mol. The molecule has 8 nitrogen and oxygen atoms in total. The van der Waals surface area contributed by atoms with E-state index in [4.69, 9.17) is 28.4 Å². The first-order valence-electron chi connectivity index (χ1n) is 17.6. The number of ether oxygens (including phenoxy) is 6. The van der Waals surface area contributed by atoms with Gasteiger partial charge >= 0.3 is 5.97 Å². The van der Waals surface area contributed by atoms with Crippen molar-refractivity contribution in [2.75, 3.05) is 21.0 Å². The number of carbonyl (C=O) groups is 2. The van der Waals surface area contributed by atoms with E-state index in [-0.39, 0.29) is 64.1 Å². The van der Waals surface area contributed by atoms with E-state index in [9.17, 15) is 9.59 Å². The third-order valence-electron chi connectivity index (χ3n) is 14.8. The average molecular weight is 633 g/mol. The van der Waals surface area contributed by atoms with Crippen LogP contribution < -0.4 is 0 Å². The molecule has 256 valence electrons. The minimum Gasteiger partial charge on any atom is -0.459 e. The molecule has 13 atom stereocenters. The molecule has 6 rings (SSSR count). The molecule has 0 aromatic carbocycles. The summed E-state index contributed by atoms with van der Waals surface area (Å²) >= 11 is 0. The molecule has 6 fully saturated rings. The van der Waals surface area contributed by atoms with Crippen LogP contribution in [-0.4, -0.2) is 63.7 Å². The van der Waals surface area contributed by atoms with Crippen LogP contribution in [0.2, 0.25) is 0 Å². The summed E-state index contributed by atoms with van der Waals surface area (Å²) in [4.78, 5) is 27.1. The maximum Gasteiger partial charge on any atom is 0.303 e. The second kappa shape index (κ2) is 11.0. The van der Waals surface area contributed by atoms with Crippen LogP contribution in [0.15, 0.2) is 0 Å². The second-order valence-corrected chi connectivity index (χ2v) is 18.0. The van der Waals surface area contributed by atoms with Crippen molar-refractivity contribution in [3.63, 3.8) is 0 Å². The zero-order valence-corrected chi connectivity index (χ0v) is 29.8. The number of Topliss-reactive ketones (excluding diaryl/α,β-unsaturated/α-hetero) is 1. The Bertz CT molecular complexity index is 1180. The standard InChI is InChI=1S/C37H60O8/c1-21-18-23(30(32(3,4)5)43-22(2)38)44-28-27(21)34(8)16-17-37-19-36(37)15-14-26(45-31(41-11)42-20-40-10)33(6,7)24(36)12-13-25(37)35(34,9)29(28)39/h21,23-28,30-31H,12-20H2,1-11H3/t21-,23?,24+,25?,26+,27+,28?,30+,31+,34-,35-,36?,37+/m1/s1. The van der Waals surface area contributed by atoms with Crippen LogP contribution in [-0.2, 0) is 38.0 Å². The first kappa shape index (κ1) is 33.8. The molecule has 45 heavy (non-hydrogen) atoms. The largest absolute Gasteiger partial charge is 0.459 e. The summed E-state index contributed by atoms with van der Waals surface area (Å²) < 4.78 is 35.5. The van der Waals surface area contributed by atoms with Crippen molar-refractivity contribution in [1.82, 2.24) is 0 Å². The molecule has 1 saturated heterocycles. The van der Waals surface area contributed by atoms with Gasteiger partial charge in [0.05, 0.1) is 12.2 Å². The number of methoxy groups -OCH3 is 2. The molecule has 5 aliphatic carbocycles. The number of ketones is 1. The lowest BCUT2D eigenvalue weighted by atomic mass is 9.41. The summed E-state index contributed by atoms with van der Waals surface area (Å²) in [6.45, 7) is 19.0. The number of hydrogen-bond acceptors (Lipinski definition) is 8. The van der Waals surface area contributed by atoms with Crippen LogP contribution in [0.1, 0.15) is 114 Å². The lowest BCUT2D eigenvalue weighted by molar-refractivity contribution is -0.335. The third-order valence-corrected chi connectivity index (χ3v) is 14.8. The van der Waals surface area contributed by atoms with E-state index < -0.39 is 18.0 Å². The number of carbonyl (C=O) groups excluding carboxylic acids is 2. The average Bonchev–Trinajstić information content (AvgIpc) is 3.59. The van der Waals surface area contributed by atoms with Crippen molar-refractivity contribution < 1.29 is 38.0 Å². The highest BCUT2D eigenvalue weighted by Crippen LogP contribution is 2.89. The molecule has 0 bridgehead atoms. The minimum absolute atomic E-state index is 0.0312. The van der Waals surface area contributed by atoms with Gasteiger partial charge in [-0.05, 0) is 90.8 Å². The van der Waals surface area contributed by atoms with E-state index in [1.165, 1.54) is 19.8 Å². The minimum atomic E-state index is -0.744. The molecule has 0 radical (unpaired) electrons. The molecular formula is C37H60O8. The second-order valence-electron chi connectivity index (χ2n) is 18.0. The van der Waals surface area contributed by atoms with Crippen molar-refractivity contribution in [1.29, 1.82) is 0 Å². The molecule has 4 unspecified atom stereocenters. The first-order valence-corrected chi connectivity index (χ1v) is 17.6. The third kappa shape index (κ3) is 4.61. The van der Waals surface area contributed by atoms with Gasteiger partial charge in [0.1, 0.15) is 12.2 Å². The van der Waals surface area contributed by atoms with Gasteiger partial charge < -0.3 is 28.4 Å². The topological polar surface area (TPSA) is 89.5 Å². The van der Waals surface area contributed by atoms with Gasteiger partial charge in [-0.1, -0.05) is 55.4 Å². The van der Waals surface area contributed by atoms with Crippen LogP contribution in [0.25, 0.3) is 0 Å². The monoisotopic (exact) mass is 632 g/mol. The molecule has 0 N–H and O–H groups in total. The Kier molecular flexibility index (Phi) is 8.25. The summed E-state index contributed by atoms with van der Waals surface area (Å²) in [5, 5.41) is 0. The van der Waals surface area contributed by atoms with E-state index in [0.29, 0.717) is 23.5 Å². The van der Waals surface area contributed by atoms with Gasteiger partial charge in [0, 0.05) is 37.9 Å². The first-order chi connectivity index (χ1) is 20.9. The Morgan fingerprint density at radius 2 is 1.67 bits per heavy atom. The molecule has 0 aromatic heterocycles. The molecule has 1 aliphatic heterocycles. The lowest BCUT2D eigenvalue weighted by Crippen LogP contribution is -2.59. The van der Waals surface area contributed by atoms with E-state index in [1.54, 1.807) is 14.2 Å². The molecule has 8 heteroatoms. The Hall–Kier alpha value is -1.06. The van der Waals surface area contributed by atoms with Gasteiger partial charge in [-0.3, -0.25) is 9.59 Å². The molecule has 0 aromatic rings. The summed E-state index contributed by atoms with van der Waals surface area (Å²) in [7, 11) is 3.21. The van der Waals surface area contributed by atoms with Gasteiger partial charge in [-0.2, -0.15) is 0 Å². The highest BCUT2D eigenvalue weighted by Gasteiger charge is 2.85. The van der Waals surface area contributed by atoms with E-state index >= 15 is 0 Å². The zero-order chi connectivity index (χ0) is 33.0. The normalized spacial score (nSPS) is 47.8. The summed E-state index contributed by atoms with van der Waals surface area (Å²) in [5.41, 5.74) is -0.401. The molecule has 0 amide bonds. The van der Waals surface area contributed by atoms with Crippen molar-refractivity contribution in [2.45, 2.75) is 145 Å². The Morgan fingerprint density at radius 3 is 2.29 bits per heavy atom. The van der Waals surface area contributed by atoms with Crippen molar-refractivity contribution in [3.05, 3.63) is 0 Å². The van der Waals surface area contributed by atoms with Gasteiger partial charge in [0.25, 0.3) is 6.48 Å². The van der Waals surface area contributed by atoms with Gasteiger partial charge in [0.15, 0.2) is 12.6 Å². The van der Waals surface area contributed by atoms with Crippen LogP contribution in [0.4, 0.5) is 0 Å². The van der Waals surface area contributed by atoms with Gasteiger partial charge in [0.2, 0.25) is 0 Å².